The molecule has 6 N–H and O–H groups in total. The monoisotopic (exact) mass is 520 g/mol. The van der Waals surface area contributed by atoms with E-state index >= 15 is 0 Å². The highest BCUT2D eigenvalue weighted by Crippen LogP contribution is 2.66. The third kappa shape index (κ3) is 6.87. The van der Waals surface area contributed by atoms with Crippen LogP contribution in [-0.4, -0.2) is 52.8 Å². The smallest absolute Gasteiger partial charge is 0.388 e. The minimum Gasteiger partial charge on any atom is -0.388 e. The number of halogens is 2. The standard InChI is InChI=1S/C9H13ClFN2O14P3/c10-4-2-13(8(16)12-6(4)15)7-5(14)1-9(11,25-7)3-24-29(20,21)27-30(22,23)26-28(17,18)19/h2,5,7,14H,1,3H2,(H,20,21)(H,22,23)(H,12,15,16)(H2,17,18,19)/t5-,7-,9+/m1/s1. The maximum Gasteiger partial charge on any atom is 0.490 e. The molecule has 16 nitrogen and oxygen atoms in total. The van der Waals surface area contributed by atoms with E-state index < -0.39 is 71.0 Å². The number of rotatable bonds is 8. The van der Waals surface area contributed by atoms with E-state index in [0.717, 1.165) is 6.20 Å². The van der Waals surface area contributed by atoms with Crippen LogP contribution in [-0.2, 0) is 31.6 Å². The van der Waals surface area contributed by atoms with Gasteiger partial charge in [-0.2, -0.15) is 8.62 Å². The molecule has 2 unspecified atom stereocenters. The molecule has 21 heteroatoms. The first-order valence-electron chi connectivity index (χ1n) is 7.26. The molecule has 0 amide bonds. The number of hydrogen-bond acceptors (Lipinski definition) is 10. The number of ether oxygens (including phenoxy) is 1. The van der Waals surface area contributed by atoms with E-state index in [4.69, 9.17) is 31.0 Å². The molecule has 30 heavy (non-hydrogen) atoms. The number of H-pyrrole nitrogens is 1. The normalized spacial score (nSPS) is 28.8. The lowest BCUT2D eigenvalue weighted by Crippen LogP contribution is -2.36. The molecule has 1 fully saturated rings. The summed E-state index contributed by atoms with van der Waals surface area (Å²) in [7, 11) is -17.1. The summed E-state index contributed by atoms with van der Waals surface area (Å²) in [5.41, 5.74) is -2.10. The van der Waals surface area contributed by atoms with Crippen molar-refractivity contribution >= 4 is 35.1 Å². The van der Waals surface area contributed by atoms with Crippen molar-refractivity contribution < 1.29 is 60.6 Å². The number of aromatic amines is 1. The van der Waals surface area contributed by atoms with Crippen LogP contribution in [0.3, 0.4) is 0 Å². The first-order valence-corrected chi connectivity index (χ1v) is 12.2. The van der Waals surface area contributed by atoms with Gasteiger partial charge in [-0.15, -0.1) is 0 Å². The van der Waals surface area contributed by atoms with Crippen LogP contribution in [0.25, 0.3) is 0 Å². The molecule has 0 spiro atoms. The van der Waals surface area contributed by atoms with Crippen LogP contribution in [0.4, 0.5) is 4.39 Å². The van der Waals surface area contributed by atoms with Crippen LogP contribution in [0.5, 0.6) is 0 Å². The second-order valence-corrected chi connectivity index (χ2v) is 10.5. The summed E-state index contributed by atoms with van der Waals surface area (Å²) in [6.45, 7) is -1.52. The summed E-state index contributed by atoms with van der Waals surface area (Å²) in [5.74, 6) is -3.06. The fourth-order valence-electron chi connectivity index (χ4n) is 2.22. The average molecular weight is 521 g/mol. The van der Waals surface area contributed by atoms with Gasteiger partial charge in [0.15, 0.2) is 6.23 Å². The molecular weight excluding hydrogens is 507 g/mol. The van der Waals surface area contributed by atoms with Crippen LogP contribution in [0.1, 0.15) is 12.6 Å². The van der Waals surface area contributed by atoms with Gasteiger partial charge in [-0.1, -0.05) is 11.6 Å². The van der Waals surface area contributed by atoms with Crippen LogP contribution >= 0.6 is 35.1 Å². The Bertz CT molecular complexity index is 1070. The van der Waals surface area contributed by atoms with Crippen molar-refractivity contribution in [3.63, 3.8) is 0 Å². The van der Waals surface area contributed by atoms with E-state index in [1.165, 1.54) is 0 Å². The van der Waals surface area contributed by atoms with E-state index in [1.54, 1.807) is 4.98 Å². The van der Waals surface area contributed by atoms with Gasteiger partial charge in [0.2, 0.25) is 5.85 Å². The SMILES string of the molecule is O=c1[nH]c(=O)n([C@@H]2O[C@](F)(COP(=O)(O)OP(=O)(O)OP(=O)(O)O)C[C@H]2O)cc1Cl. The molecule has 5 atom stereocenters. The minimum absolute atomic E-state index is 0.505. The number of aliphatic hydroxyl groups excluding tert-OH is 1. The second kappa shape index (κ2) is 8.64. The summed E-state index contributed by atoms with van der Waals surface area (Å²) in [6, 6.07) is 0. The lowest BCUT2D eigenvalue weighted by Gasteiger charge is -2.22. The van der Waals surface area contributed by atoms with E-state index in [0.29, 0.717) is 4.57 Å². The first kappa shape index (κ1) is 25.5. The van der Waals surface area contributed by atoms with Crippen LogP contribution in [0.2, 0.25) is 5.02 Å². The Labute approximate surface area is 169 Å². The Hall–Kier alpha value is -0.770. The number of aliphatic hydroxyl groups is 1. The van der Waals surface area contributed by atoms with E-state index in [-0.39, 0.29) is 0 Å². The zero-order valence-electron chi connectivity index (χ0n) is 14.1. The Kier molecular flexibility index (Phi) is 7.34. The summed E-state index contributed by atoms with van der Waals surface area (Å²) in [6.07, 6.45) is -3.72. The van der Waals surface area contributed by atoms with Crippen molar-refractivity contribution in [2.24, 2.45) is 0 Å². The quantitative estimate of drug-likeness (QED) is 0.236. The van der Waals surface area contributed by atoms with Gasteiger partial charge in [0, 0.05) is 12.6 Å². The van der Waals surface area contributed by atoms with Gasteiger partial charge in [-0.3, -0.25) is 18.9 Å². The number of phosphoric ester groups is 1. The molecule has 0 bridgehead atoms. The highest BCUT2D eigenvalue weighted by Gasteiger charge is 2.50. The lowest BCUT2D eigenvalue weighted by atomic mass is 10.2. The predicted molar refractivity (Wildman–Crippen MR) is 90.7 cm³/mol. The summed E-state index contributed by atoms with van der Waals surface area (Å²) in [5, 5.41) is 9.43. The fraction of sp³-hybridized carbons (Fsp3) is 0.556. The first-order chi connectivity index (χ1) is 13.4. The molecule has 0 saturated carbocycles. The molecule has 1 aliphatic heterocycles. The second-order valence-electron chi connectivity index (χ2n) is 5.67. The molecule has 1 aromatic rings. The third-order valence-corrected chi connectivity index (χ3v) is 7.28. The van der Waals surface area contributed by atoms with Crippen molar-refractivity contribution in [2.75, 3.05) is 6.61 Å². The molecule has 1 aromatic heterocycles. The van der Waals surface area contributed by atoms with Gasteiger partial charge >= 0.3 is 29.2 Å². The minimum atomic E-state index is -5.82. The van der Waals surface area contributed by atoms with Gasteiger partial charge < -0.3 is 29.4 Å². The fourth-order valence-corrected chi connectivity index (χ4v) is 5.43. The van der Waals surface area contributed by atoms with Gasteiger partial charge in [-0.25, -0.2) is 22.9 Å². The van der Waals surface area contributed by atoms with Crippen LogP contribution < -0.4 is 11.2 Å². The van der Waals surface area contributed by atoms with Crippen LogP contribution in [0.15, 0.2) is 15.8 Å². The Morgan fingerprint density at radius 2 is 1.83 bits per heavy atom. The highest BCUT2D eigenvalue weighted by atomic mass is 35.5. The topological polar surface area (TPSA) is 244 Å². The molecule has 1 saturated heterocycles. The maximum absolute atomic E-state index is 14.7. The van der Waals surface area contributed by atoms with Crippen molar-refractivity contribution in [3.8, 4) is 0 Å². The lowest BCUT2D eigenvalue weighted by molar-refractivity contribution is -0.178. The van der Waals surface area contributed by atoms with Gasteiger partial charge in [0.25, 0.3) is 5.56 Å². The molecule has 0 radical (unpaired) electrons. The van der Waals surface area contributed by atoms with Crippen molar-refractivity contribution in [1.29, 1.82) is 0 Å². The highest BCUT2D eigenvalue weighted by molar-refractivity contribution is 7.66. The number of nitrogens with zero attached hydrogens (tertiary/aromatic N) is 1. The molecule has 2 rings (SSSR count). The van der Waals surface area contributed by atoms with E-state index in [9.17, 15) is 37.7 Å². The number of nitrogens with one attached hydrogen (secondary N) is 1. The number of hydrogen-bond donors (Lipinski definition) is 6. The van der Waals surface area contributed by atoms with Gasteiger partial charge in [0.05, 0.1) is 0 Å². The Morgan fingerprint density at radius 3 is 2.40 bits per heavy atom. The molecule has 1 aliphatic rings. The van der Waals surface area contributed by atoms with Gasteiger partial charge in [-0.05, 0) is 0 Å². The van der Waals surface area contributed by atoms with E-state index in [2.05, 4.69) is 13.1 Å². The van der Waals surface area contributed by atoms with Crippen molar-refractivity contribution in [1.82, 2.24) is 9.55 Å². The number of alkyl halides is 1. The zero-order chi connectivity index (χ0) is 23.1. The predicted octanol–water partition coefficient (Wildman–Crippen LogP) is -0.521. The largest absolute Gasteiger partial charge is 0.490 e. The van der Waals surface area contributed by atoms with Gasteiger partial charge in [0.1, 0.15) is 17.7 Å². The maximum atomic E-state index is 14.7. The third-order valence-electron chi connectivity index (χ3n) is 3.23. The molecular formula is C9H13ClFN2O14P3. The molecule has 0 aromatic carbocycles. The summed E-state index contributed by atoms with van der Waals surface area (Å²) < 4.78 is 64.5. The summed E-state index contributed by atoms with van der Waals surface area (Å²) in [4.78, 5) is 60.0. The van der Waals surface area contributed by atoms with E-state index in [1.807, 2.05) is 0 Å². The number of phosphoric acid groups is 3. The van der Waals surface area contributed by atoms with Crippen molar-refractivity contribution in [2.45, 2.75) is 24.6 Å². The zero-order valence-corrected chi connectivity index (χ0v) is 17.5. The Morgan fingerprint density at radius 1 is 1.23 bits per heavy atom. The molecule has 172 valence electrons. The molecule has 2 heterocycles. The molecule has 0 aliphatic carbocycles. The number of aromatic nitrogens is 2. The average Bonchev–Trinajstić information content (AvgIpc) is 2.81. The van der Waals surface area contributed by atoms with Crippen LogP contribution in [0, 0.1) is 0 Å². The summed E-state index contributed by atoms with van der Waals surface area (Å²) >= 11 is 5.55. The Balaban J connectivity index is 2.11. The van der Waals surface area contributed by atoms with Crippen molar-refractivity contribution in [3.05, 3.63) is 32.1 Å².